The molecule has 1 fully saturated rings. The van der Waals surface area contributed by atoms with E-state index in [0.29, 0.717) is 5.56 Å². The minimum atomic E-state index is -0.610. The Morgan fingerprint density at radius 3 is 2.81 bits per heavy atom. The molecule has 1 aliphatic rings. The summed E-state index contributed by atoms with van der Waals surface area (Å²) in [6, 6.07) is 1.60. The van der Waals surface area contributed by atoms with E-state index in [2.05, 4.69) is 24.1 Å². The van der Waals surface area contributed by atoms with Crippen LogP contribution in [0.15, 0.2) is 18.5 Å². The molecule has 1 saturated heterocycles. The Morgan fingerprint density at radius 2 is 2.25 bits per heavy atom. The lowest BCUT2D eigenvalue weighted by Crippen LogP contribution is -2.40. The number of pyridine rings is 1. The lowest BCUT2D eigenvalue weighted by Gasteiger charge is -2.23. The Hall–Kier alpha value is -1.13. The van der Waals surface area contributed by atoms with Crippen LogP contribution in [-0.4, -0.2) is 26.8 Å². The lowest BCUT2D eigenvalue weighted by atomic mass is 10.0. The number of aliphatic hydroxyl groups is 1. The molecule has 2 heterocycles. The molecular weight excluding hydrogens is 204 g/mol. The van der Waals surface area contributed by atoms with Crippen LogP contribution in [0.3, 0.4) is 0 Å². The normalized spacial score (nSPS) is 25.6. The molecule has 4 heteroatoms. The predicted octanol–water partition coefficient (Wildman–Crippen LogP) is 1.35. The van der Waals surface area contributed by atoms with Gasteiger partial charge in [-0.2, -0.15) is 0 Å². The van der Waals surface area contributed by atoms with Crippen molar-refractivity contribution < 1.29 is 10.2 Å². The Kier molecular flexibility index (Phi) is 2.86. The van der Waals surface area contributed by atoms with Gasteiger partial charge in [-0.15, -0.1) is 0 Å². The van der Waals surface area contributed by atoms with Gasteiger partial charge in [0.2, 0.25) is 0 Å². The van der Waals surface area contributed by atoms with E-state index in [-0.39, 0.29) is 17.3 Å². The molecule has 1 aliphatic heterocycles. The molecule has 0 amide bonds. The first kappa shape index (κ1) is 11.4. The number of nitrogens with one attached hydrogen (secondary N) is 1. The summed E-state index contributed by atoms with van der Waals surface area (Å²) in [7, 11) is 0. The molecule has 4 nitrogen and oxygen atoms in total. The first-order valence-corrected chi connectivity index (χ1v) is 5.58. The number of aromatic hydroxyl groups is 1. The van der Waals surface area contributed by atoms with Gasteiger partial charge < -0.3 is 15.5 Å². The third-order valence-electron chi connectivity index (χ3n) is 3.12. The van der Waals surface area contributed by atoms with Crippen molar-refractivity contribution in [3.05, 3.63) is 24.0 Å². The zero-order valence-electron chi connectivity index (χ0n) is 9.64. The third kappa shape index (κ3) is 2.33. The average molecular weight is 222 g/mol. The lowest BCUT2D eigenvalue weighted by molar-refractivity contribution is 0.131. The summed E-state index contributed by atoms with van der Waals surface area (Å²) < 4.78 is 0. The van der Waals surface area contributed by atoms with Gasteiger partial charge in [0, 0.05) is 23.3 Å². The molecule has 88 valence electrons. The maximum atomic E-state index is 10.2. The molecule has 0 saturated carbocycles. The molecule has 0 aromatic carbocycles. The first-order valence-electron chi connectivity index (χ1n) is 5.58. The highest BCUT2D eigenvalue weighted by molar-refractivity contribution is 5.25. The van der Waals surface area contributed by atoms with Gasteiger partial charge in [-0.05, 0) is 32.8 Å². The molecule has 1 aromatic rings. The molecule has 1 unspecified atom stereocenters. The zero-order valence-corrected chi connectivity index (χ0v) is 9.64. The Labute approximate surface area is 95.3 Å². The highest BCUT2D eigenvalue weighted by Crippen LogP contribution is 2.30. The standard InChI is InChI=1S/C12H18N2O2/c1-12(2)4-3-10(14-12)11(16)8-5-9(15)7-13-6-8/h5-7,10-11,14-16H,3-4H2,1-2H3/t10?,11-/m1/s1. The minimum Gasteiger partial charge on any atom is -0.506 e. The van der Waals surface area contributed by atoms with Crippen molar-refractivity contribution in [2.45, 2.75) is 44.4 Å². The van der Waals surface area contributed by atoms with Crippen molar-refractivity contribution in [3.8, 4) is 5.75 Å². The van der Waals surface area contributed by atoms with Gasteiger partial charge in [0.15, 0.2) is 0 Å². The van der Waals surface area contributed by atoms with E-state index in [1.165, 1.54) is 6.20 Å². The van der Waals surface area contributed by atoms with E-state index in [0.717, 1.165) is 12.8 Å². The summed E-state index contributed by atoms with van der Waals surface area (Å²) in [6.45, 7) is 4.25. The van der Waals surface area contributed by atoms with Gasteiger partial charge >= 0.3 is 0 Å². The van der Waals surface area contributed by atoms with Crippen molar-refractivity contribution in [2.75, 3.05) is 0 Å². The fourth-order valence-electron chi connectivity index (χ4n) is 2.24. The topological polar surface area (TPSA) is 65.4 Å². The van der Waals surface area contributed by atoms with Crippen molar-refractivity contribution in [2.24, 2.45) is 0 Å². The molecule has 3 N–H and O–H groups in total. The van der Waals surface area contributed by atoms with Gasteiger partial charge in [0.05, 0.1) is 12.3 Å². The summed E-state index contributed by atoms with van der Waals surface area (Å²) in [6.07, 6.45) is 4.33. The van der Waals surface area contributed by atoms with Crippen LogP contribution in [0.2, 0.25) is 0 Å². The second kappa shape index (κ2) is 4.03. The van der Waals surface area contributed by atoms with Crippen LogP contribution in [0, 0.1) is 0 Å². The molecule has 1 aromatic heterocycles. The van der Waals surface area contributed by atoms with E-state index >= 15 is 0 Å². The van der Waals surface area contributed by atoms with Crippen molar-refractivity contribution in [3.63, 3.8) is 0 Å². The number of nitrogens with zero attached hydrogens (tertiary/aromatic N) is 1. The molecular formula is C12H18N2O2. The largest absolute Gasteiger partial charge is 0.506 e. The Bertz CT molecular complexity index is 379. The van der Waals surface area contributed by atoms with Crippen LogP contribution in [0.1, 0.15) is 38.4 Å². The molecule has 0 spiro atoms. The van der Waals surface area contributed by atoms with Crippen molar-refractivity contribution in [1.82, 2.24) is 10.3 Å². The van der Waals surface area contributed by atoms with E-state index in [1.807, 2.05) is 0 Å². The predicted molar refractivity (Wildman–Crippen MR) is 61.1 cm³/mol. The molecule has 2 rings (SSSR count). The first-order chi connectivity index (χ1) is 7.48. The van der Waals surface area contributed by atoms with Crippen LogP contribution in [-0.2, 0) is 0 Å². The van der Waals surface area contributed by atoms with Gasteiger partial charge in [0.25, 0.3) is 0 Å². The van der Waals surface area contributed by atoms with E-state index in [9.17, 15) is 10.2 Å². The fourth-order valence-corrected chi connectivity index (χ4v) is 2.24. The van der Waals surface area contributed by atoms with Crippen molar-refractivity contribution >= 4 is 0 Å². The van der Waals surface area contributed by atoms with Crippen LogP contribution < -0.4 is 5.32 Å². The summed E-state index contributed by atoms with van der Waals surface area (Å²) in [4.78, 5) is 3.88. The van der Waals surface area contributed by atoms with Gasteiger partial charge in [-0.1, -0.05) is 0 Å². The summed E-state index contributed by atoms with van der Waals surface area (Å²) in [5.74, 6) is 0.0915. The number of hydrogen-bond acceptors (Lipinski definition) is 4. The second-order valence-electron chi connectivity index (χ2n) is 5.09. The molecule has 16 heavy (non-hydrogen) atoms. The van der Waals surface area contributed by atoms with E-state index in [4.69, 9.17) is 0 Å². The zero-order chi connectivity index (χ0) is 11.8. The number of aromatic nitrogens is 1. The Morgan fingerprint density at radius 1 is 1.50 bits per heavy atom. The second-order valence-corrected chi connectivity index (χ2v) is 5.09. The highest BCUT2D eigenvalue weighted by Gasteiger charge is 2.34. The summed E-state index contributed by atoms with van der Waals surface area (Å²) >= 11 is 0. The summed E-state index contributed by atoms with van der Waals surface area (Å²) in [5.41, 5.74) is 0.741. The molecule has 0 bridgehead atoms. The number of hydrogen-bond donors (Lipinski definition) is 3. The van der Waals surface area contributed by atoms with Crippen molar-refractivity contribution in [1.29, 1.82) is 0 Å². The average Bonchev–Trinajstić information content (AvgIpc) is 2.58. The molecule has 0 aliphatic carbocycles. The highest BCUT2D eigenvalue weighted by atomic mass is 16.3. The van der Waals surface area contributed by atoms with Gasteiger partial charge in [-0.3, -0.25) is 4.98 Å². The number of aliphatic hydroxyl groups excluding tert-OH is 1. The van der Waals surface area contributed by atoms with Gasteiger partial charge in [-0.25, -0.2) is 0 Å². The monoisotopic (exact) mass is 222 g/mol. The smallest absolute Gasteiger partial charge is 0.134 e. The van der Waals surface area contributed by atoms with Crippen LogP contribution in [0.4, 0.5) is 0 Å². The molecule has 0 radical (unpaired) electrons. The third-order valence-corrected chi connectivity index (χ3v) is 3.12. The SMILES string of the molecule is CC1(C)CCC([C@H](O)c2cncc(O)c2)N1. The van der Waals surface area contributed by atoms with E-state index in [1.54, 1.807) is 12.3 Å². The quantitative estimate of drug-likeness (QED) is 0.706. The fraction of sp³-hybridized carbons (Fsp3) is 0.583. The van der Waals surface area contributed by atoms with Crippen LogP contribution in [0.5, 0.6) is 5.75 Å². The minimum absolute atomic E-state index is 0.0404. The summed E-state index contributed by atoms with van der Waals surface area (Å²) in [5, 5.41) is 22.9. The van der Waals surface area contributed by atoms with Gasteiger partial charge in [0.1, 0.15) is 5.75 Å². The van der Waals surface area contributed by atoms with Crippen LogP contribution >= 0.6 is 0 Å². The van der Waals surface area contributed by atoms with Crippen LogP contribution in [0.25, 0.3) is 0 Å². The Balaban J connectivity index is 2.11. The maximum Gasteiger partial charge on any atom is 0.134 e. The van der Waals surface area contributed by atoms with E-state index < -0.39 is 6.10 Å². The number of rotatable bonds is 2. The molecule has 2 atom stereocenters. The maximum absolute atomic E-state index is 10.2.